The van der Waals surface area contributed by atoms with Crippen molar-refractivity contribution < 1.29 is 9.52 Å². The molecule has 122 valence electrons. The molecule has 0 unspecified atom stereocenters. The highest BCUT2D eigenvalue weighted by molar-refractivity contribution is 5.95. The summed E-state index contributed by atoms with van der Waals surface area (Å²) in [6, 6.07) is 23.5. The van der Waals surface area contributed by atoms with Crippen LogP contribution in [0.4, 0.5) is 5.69 Å². The average Bonchev–Trinajstić information content (AvgIpc) is 3.11. The number of aliphatic imine (C=N–C) groups is 1. The van der Waals surface area contributed by atoms with Crippen molar-refractivity contribution in [2.45, 2.75) is 6.92 Å². The van der Waals surface area contributed by atoms with Crippen LogP contribution < -0.4 is 0 Å². The first kappa shape index (κ1) is 15.2. The molecule has 0 aliphatic heterocycles. The van der Waals surface area contributed by atoms with E-state index in [0.29, 0.717) is 11.4 Å². The van der Waals surface area contributed by atoms with Gasteiger partial charge >= 0.3 is 0 Å². The summed E-state index contributed by atoms with van der Waals surface area (Å²) in [6.07, 6.45) is 1.63. The van der Waals surface area contributed by atoms with Crippen molar-refractivity contribution >= 4 is 22.7 Å². The lowest BCUT2D eigenvalue weighted by Crippen LogP contribution is -1.79. The minimum Gasteiger partial charge on any atom is -0.506 e. The van der Waals surface area contributed by atoms with Crippen molar-refractivity contribution in [1.82, 2.24) is 0 Å². The Balaban J connectivity index is 1.68. The molecule has 0 spiro atoms. The summed E-state index contributed by atoms with van der Waals surface area (Å²) in [4.78, 5) is 4.34. The van der Waals surface area contributed by atoms with Crippen LogP contribution in [0.1, 0.15) is 11.3 Å². The summed E-state index contributed by atoms with van der Waals surface area (Å²) in [6.45, 7) is 1.96. The third-order valence-corrected chi connectivity index (χ3v) is 4.14. The van der Waals surface area contributed by atoms with E-state index >= 15 is 0 Å². The number of aromatic hydroxyl groups is 1. The van der Waals surface area contributed by atoms with Gasteiger partial charge in [0.15, 0.2) is 0 Å². The molecular weight excluding hydrogens is 310 g/mol. The highest BCUT2D eigenvalue weighted by Gasteiger charge is 2.07. The number of phenolic OH excluding ortho intramolecular Hbond substituents is 1. The van der Waals surface area contributed by atoms with Crippen molar-refractivity contribution in [2.75, 3.05) is 0 Å². The Bertz CT molecular complexity index is 1070. The smallest absolute Gasteiger partial charge is 0.145 e. The van der Waals surface area contributed by atoms with E-state index in [2.05, 4.69) is 29.3 Å². The number of phenols is 1. The van der Waals surface area contributed by atoms with E-state index in [-0.39, 0.29) is 5.75 Å². The first-order valence-electron chi connectivity index (χ1n) is 8.12. The Kier molecular flexibility index (Phi) is 3.82. The second kappa shape index (κ2) is 6.29. The number of fused-ring (bicyclic) bond motifs is 1. The van der Waals surface area contributed by atoms with Crippen molar-refractivity contribution in [3.05, 3.63) is 84.1 Å². The Morgan fingerprint density at radius 2 is 1.76 bits per heavy atom. The fourth-order valence-corrected chi connectivity index (χ4v) is 2.88. The van der Waals surface area contributed by atoms with Gasteiger partial charge in [0.25, 0.3) is 0 Å². The minimum atomic E-state index is 0.155. The van der Waals surface area contributed by atoms with Crippen molar-refractivity contribution in [3.63, 3.8) is 0 Å². The van der Waals surface area contributed by atoms with E-state index in [1.54, 1.807) is 12.3 Å². The van der Waals surface area contributed by atoms with Crippen molar-refractivity contribution in [2.24, 2.45) is 4.99 Å². The van der Waals surface area contributed by atoms with E-state index in [1.165, 1.54) is 5.39 Å². The largest absolute Gasteiger partial charge is 0.506 e. The molecule has 1 heterocycles. The number of rotatable bonds is 3. The van der Waals surface area contributed by atoms with Gasteiger partial charge in [0.2, 0.25) is 0 Å². The highest BCUT2D eigenvalue weighted by Crippen LogP contribution is 2.30. The summed E-state index contributed by atoms with van der Waals surface area (Å²) in [5, 5.41) is 12.2. The zero-order valence-electron chi connectivity index (χ0n) is 13.8. The second-order valence-corrected chi connectivity index (χ2v) is 5.98. The maximum absolute atomic E-state index is 9.87. The molecule has 0 bridgehead atoms. The third-order valence-electron chi connectivity index (χ3n) is 4.14. The van der Waals surface area contributed by atoms with Gasteiger partial charge in [-0.05, 0) is 47.5 Å². The van der Waals surface area contributed by atoms with Crippen LogP contribution in [-0.4, -0.2) is 11.3 Å². The Morgan fingerprint density at radius 3 is 2.68 bits per heavy atom. The summed E-state index contributed by atoms with van der Waals surface area (Å²) in [5.41, 5.74) is 2.63. The van der Waals surface area contributed by atoms with Crippen LogP contribution in [-0.2, 0) is 0 Å². The molecule has 4 rings (SSSR count). The van der Waals surface area contributed by atoms with Gasteiger partial charge in [-0.25, -0.2) is 4.99 Å². The maximum Gasteiger partial charge on any atom is 0.145 e. The molecule has 0 saturated heterocycles. The number of furan rings is 1. The normalized spacial score (nSPS) is 11.4. The Labute approximate surface area is 145 Å². The lowest BCUT2D eigenvalue weighted by atomic mass is 10.0. The van der Waals surface area contributed by atoms with Gasteiger partial charge in [-0.2, -0.15) is 0 Å². The predicted molar refractivity (Wildman–Crippen MR) is 102 cm³/mol. The number of hydrogen-bond donors (Lipinski definition) is 1. The minimum absolute atomic E-state index is 0.155. The molecule has 4 aromatic rings. The van der Waals surface area contributed by atoms with Crippen molar-refractivity contribution in [3.8, 4) is 17.1 Å². The zero-order chi connectivity index (χ0) is 17.2. The summed E-state index contributed by atoms with van der Waals surface area (Å²) in [7, 11) is 0. The van der Waals surface area contributed by atoms with Gasteiger partial charge < -0.3 is 9.52 Å². The molecule has 0 atom stereocenters. The summed E-state index contributed by atoms with van der Waals surface area (Å²) in [5.74, 6) is 1.60. The van der Waals surface area contributed by atoms with Crippen LogP contribution in [0.3, 0.4) is 0 Å². The van der Waals surface area contributed by atoms with E-state index < -0.39 is 0 Å². The predicted octanol–water partition coefficient (Wildman–Crippen LogP) is 5.86. The number of aryl methyl sites for hydroxylation is 1. The van der Waals surface area contributed by atoms with Gasteiger partial charge in [-0.15, -0.1) is 0 Å². The van der Waals surface area contributed by atoms with E-state index in [1.807, 2.05) is 49.4 Å². The standard InChI is InChI=1S/C22H17NO2/c1-15-9-11-21(24)20(13-15)23-14-17-10-12-22(25-17)19-8-4-6-16-5-2-3-7-18(16)19/h2-14,24H,1H3. The third kappa shape index (κ3) is 3.04. The van der Waals surface area contributed by atoms with Crippen LogP contribution in [0.25, 0.3) is 22.1 Å². The lowest BCUT2D eigenvalue weighted by molar-refractivity contribution is 0.477. The van der Waals surface area contributed by atoms with Gasteiger partial charge in [-0.1, -0.05) is 48.5 Å². The summed E-state index contributed by atoms with van der Waals surface area (Å²) < 4.78 is 5.94. The fraction of sp³-hybridized carbons (Fsp3) is 0.0455. The first-order chi connectivity index (χ1) is 12.2. The number of hydrogen-bond acceptors (Lipinski definition) is 3. The number of benzene rings is 3. The second-order valence-electron chi connectivity index (χ2n) is 5.98. The molecule has 25 heavy (non-hydrogen) atoms. The molecule has 1 aromatic heterocycles. The van der Waals surface area contributed by atoms with Crippen LogP contribution in [0.5, 0.6) is 5.75 Å². The Morgan fingerprint density at radius 1 is 0.920 bits per heavy atom. The average molecular weight is 327 g/mol. The monoisotopic (exact) mass is 327 g/mol. The molecule has 0 radical (unpaired) electrons. The van der Waals surface area contributed by atoms with Gasteiger partial charge in [0.05, 0.1) is 6.21 Å². The highest BCUT2D eigenvalue weighted by atomic mass is 16.3. The molecule has 3 nitrogen and oxygen atoms in total. The topological polar surface area (TPSA) is 45.7 Å². The summed E-state index contributed by atoms with van der Waals surface area (Å²) >= 11 is 0. The van der Waals surface area contributed by atoms with E-state index in [0.717, 1.165) is 22.3 Å². The quantitative estimate of drug-likeness (QED) is 0.479. The fourth-order valence-electron chi connectivity index (χ4n) is 2.88. The zero-order valence-corrected chi connectivity index (χ0v) is 13.8. The molecule has 1 N–H and O–H groups in total. The number of nitrogens with zero attached hydrogens (tertiary/aromatic N) is 1. The van der Waals surface area contributed by atoms with Crippen LogP contribution in [0.2, 0.25) is 0 Å². The van der Waals surface area contributed by atoms with Crippen LogP contribution in [0.15, 0.2) is 82.2 Å². The molecule has 0 aliphatic rings. The van der Waals surface area contributed by atoms with Crippen LogP contribution >= 0.6 is 0 Å². The van der Waals surface area contributed by atoms with E-state index in [4.69, 9.17) is 4.42 Å². The molecule has 0 fully saturated rings. The van der Waals surface area contributed by atoms with Gasteiger partial charge in [0.1, 0.15) is 23.0 Å². The molecular formula is C22H17NO2. The van der Waals surface area contributed by atoms with E-state index in [9.17, 15) is 5.11 Å². The molecule has 0 aliphatic carbocycles. The van der Waals surface area contributed by atoms with Crippen LogP contribution in [0, 0.1) is 6.92 Å². The van der Waals surface area contributed by atoms with Gasteiger partial charge in [0, 0.05) is 5.56 Å². The molecule has 3 aromatic carbocycles. The SMILES string of the molecule is Cc1ccc(O)c(N=Cc2ccc(-c3cccc4ccccc34)o2)c1. The molecule has 0 amide bonds. The first-order valence-corrected chi connectivity index (χ1v) is 8.12. The maximum atomic E-state index is 9.87. The Hall–Kier alpha value is -3.33. The van der Waals surface area contributed by atoms with Gasteiger partial charge in [-0.3, -0.25) is 0 Å². The van der Waals surface area contributed by atoms with Crippen molar-refractivity contribution in [1.29, 1.82) is 0 Å². The molecule has 0 saturated carbocycles. The lowest BCUT2D eigenvalue weighted by Gasteiger charge is -2.03. The molecule has 3 heteroatoms.